The molecule has 1 fully saturated rings. The molecule has 3 rings (SSSR count). The van der Waals surface area contributed by atoms with Gasteiger partial charge in [-0.2, -0.15) is 0 Å². The summed E-state index contributed by atoms with van der Waals surface area (Å²) in [5, 5.41) is 3.68. The van der Waals surface area contributed by atoms with Crippen molar-refractivity contribution in [2.75, 3.05) is 0 Å². The van der Waals surface area contributed by atoms with Crippen molar-refractivity contribution in [1.29, 1.82) is 0 Å². The van der Waals surface area contributed by atoms with Crippen molar-refractivity contribution in [2.24, 2.45) is 10.1 Å². The molecule has 0 spiro atoms. The van der Waals surface area contributed by atoms with Crippen molar-refractivity contribution >= 4 is 19.9 Å². The highest BCUT2D eigenvalue weighted by Crippen LogP contribution is 2.53. The van der Waals surface area contributed by atoms with Crippen molar-refractivity contribution in [3.05, 3.63) is 46.3 Å². The van der Waals surface area contributed by atoms with Crippen LogP contribution in [0.1, 0.15) is 32.3 Å². The number of rotatable bonds is 2. The predicted molar refractivity (Wildman–Crippen MR) is 93.4 cm³/mol. The molecular weight excluding hydrogens is 305 g/mol. The summed E-state index contributed by atoms with van der Waals surface area (Å²) in [6, 6.07) is 9.40. The number of ether oxygens (including phenoxy) is 1. The molecule has 0 bridgehead atoms. The second-order valence-corrected chi connectivity index (χ2v) is 7.41. The van der Waals surface area contributed by atoms with Crippen LogP contribution in [-0.2, 0) is 11.3 Å². The molecular formula is C16H20BN5O2. The molecule has 8 heteroatoms. The molecule has 2 aliphatic rings. The van der Waals surface area contributed by atoms with E-state index in [1.165, 1.54) is 4.90 Å². The van der Waals surface area contributed by atoms with Gasteiger partial charge in [0, 0.05) is 4.91 Å². The molecule has 1 aromatic rings. The minimum atomic E-state index is -0.521. The van der Waals surface area contributed by atoms with Crippen molar-refractivity contribution in [3.63, 3.8) is 0 Å². The average Bonchev–Trinajstić information content (AvgIpc) is 2.90. The second kappa shape index (κ2) is 5.87. The fourth-order valence-corrected chi connectivity index (χ4v) is 3.93. The van der Waals surface area contributed by atoms with Gasteiger partial charge in [-0.15, -0.1) is 0 Å². The SMILES string of the molecule is BC1(C)CC2N=C(N=[N+]=[N-])N(C(=O)OCc3ccccc3)C2(C)C1. The number of guanidine groups is 1. The van der Waals surface area contributed by atoms with Gasteiger partial charge in [0.25, 0.3) is 0 Å². The first kappa shape index (κ1) is 16.4. The number of hydrogen-bond donors (Lipinski definition) is 0. The highest BCUT2D eigenvalue weighted by atomic mass is 16.6. The normalized spacial score (nSPS) is 31.2. The van der Waals surface area contributed by atoms with Crippen LogP contribution >= 0.6 is 0 Å². The summed E-state index contributed by atoms with van der Waals surface area (Å²) in [5.74, 6) is 0.110. The Morgan fingerprint density at radius 2 is 2.21 bits per heavy atom. The lowest BCUT2D eigenvalue weighted by molar-refractivity contribution is 0.0882. The maximum absolute atomic E-state index is 12.7. The van der Waals surface area contributed by atoms with Crippen LogP contribution in [0.3, 0.4) is 0 Å². The fourth-order valence-electron chi connectivity index (χ4n) is 3.93. The topological polar surface area (TPSA) is 90.7 Å². The summed E-state index contributed by atoms with van der Waals surface area (Å²) in [5.41, 5.74) is 9.17. The smallest absolute Gasteiger partial charge is 0.416 e. The lowest BCUT2D eigenvalue weighted by Gasteiger charge is -2.34. The summed E-state index contributed by atoms with van der Waals surface area (Å²) in [7, 11) is 2.16. The van der Waals surface area contributed by atoms with Gasteiger partial charge in [-0.05, 0) is 36.0 Å². The lowest BCUT2D eigenvalue weighted by Crippen LogP contribution is -2.51. The third-order valence-electron chi connectivity index (χ3n) is 4.80. The van der Waals surface area contributed by atoms with Gasteiger partial charge in [0.15, 0.2) is 5.96 Å². The zero-order chi connectivity index (χ0) is 17.4. The quantitative estimate of drug-likeness (QED) is 0.362. The van der Waals surface area contributed by atoms with Crippen LogP contribution in [0.25, 0.3) is 10.4 Å². The Labute approximate surface area is 141 Å². The Balaban J connectivity index is 1.82. The minimum absolute atomic E-state index is 0.0720. The van der Waals surface area contributed by atoms with Crippen molar-refractivity contribution in [1.82, 2.24) is 4.90 Å². The molecule has 1 amide bonds. The summed E-state index contributed by atoms with van der Waals surface area (Å²) < 4.78 is 5.45. The largest absolute Gasteiger partial charge is 0.444 e. The van der Waals surface area contributed by atoms with Crippen LogP contribution in [-0.4, -0.2) is 36.4 Å². The van der Waals surface area contributed by atoms with E-state index < -0.39 is 11.6 Å². The molecule has 1 saturated carbocycles. The van der Waals surface area contributed by atoms with Crippen molar-refractivity contribution in [3.8, 4) is 0 Å². The van der Waals surface area contributed by atoms with E-state index in [1.807, 2.05) is 37.3 Å². The molecule has 0 radical (unpaired) electrons. The molecule has 1 heterocycles. The van der Waals surface area contributed by atoms with Gasteiger partial charge in [0.2, 0.25) is 0 Å². The third kappa shape index (κ3) is 2.85. The zero-order valence-corrected chi connectivity index (χ0v) is 14.1. The van der Waals surface area contributed by atoms with Crippen LogP contribution in [0.4, 0.5) is 4.79 Å². The zero-order valence-electron chi connectivity index (χ0n) is 14.1. The number of hydrogen-bond acceptors (Lipinski definition) is 4. The number of amides is 1. The van der Waals surface area contributed by atoms with Gasteiger partial charge in [-0.25, -0.2) is 4.79 Å². The van der Waals surface area contributed by atoms with Gasteiger partial charge in [-0.3, -0.25) is 9.89 Å². The van der Waals surface area contributed by atoms with E-state index in [2.05, 4.69) is 29.8 Å². The highest BCUT2D eigenvalue weighted by Gasteiger charge is 2.57. The molecule has 0 saturated heterocycles. The molecule has 124 valence electrons. The Kier molecular flexibility index (Phi) is 4.01. The monoisotopic (exact) mass is 325 g/mol. The summed E-state index contributed by atoms with van der Waals surface area (Å²) in [4.78, 5) is 21.4. The minimum Gasteiger partial charge on any atom is -0.444 e. The third-order valence-corrected chi connectivity index (χ3v) is 4.80. The first-order valence-corrected chi connectivity index (χ1v) is 7.99. The van der Waals surface area contributed by atoms with E-state index in [0.29, 0.717) is 0 Å². The Morgan fingerprint density at radius 1 is 1.50 bits per heavy atom. The first-order chi connectivity index (χ1) is 11.4. The number of carbonyl (C=O) groups is 1. The molecule has 1 aliphatic heterocycles. The van der Waals surface area contributed by atoms with Crippen molar-refractivity contribution < 1.29 is 9.53 Å². The molecule has 0 aromatic heterocycles. The molecule has 1 aromatic carbocycles. The second-order valence-electron chi connectivity index (χ2n) is 7.41. The molecule has 24 heavy (non-hydrogen) atoms. The van der Waals surface area contributed by atoms with Crippen LogP contribution < -0.4 is 0 Å². The maximum atomic E-state index is 12.7. The van der Waals surface area contributed by atoms with E-state index in [4.69, 9.17) is 10.3 Å². The van der Waals surface area contributed by atoms with Crippen LogP contribution in [0.5, 0.6) is 0 Å². The van der Waals surface area contributed by atoms with Gasteiger partial charge < -0.3 is 4.74 Å². The lowest BCUT2D eigenvalue weighted by atomic mass is 9.68. The van der Waals surface area contributed by atoms with Gasteiger partial charge >= 0.3 is 6.09 Å². The van der Waals surface area contributed by atoms with E-state index in [-0.39, 0.29) is 23.9 Å². The Hall–Kier alpha value is -2.47. The van der Waals surface area contributed by atoms with Gasteiger partial charge in [0.1, 0.15) is 14.5 Å². The molecule has 7 nitrogen and oxygen atoms in total. The van der Waals surface area contributed by atoms with Crippen LogP contribution in [0.2, 0.25) is 5.31 Å². The Morgan fingerprint density at radius 3 is 2.88 bits per heavy atom. The summed E-state index contributed by atoms with van der Waals surface area (Å²) in [6.45, 7) is 4.32. The standard InChI is InChI=1S/C16H20BN5O2/c1-15(17)8-12-16(2,10-15)22(13(19-12)20-21-18)14(23)24-9-11-6-4-3-5-7-11/h3-7,12H,8-10,17H2,1-2H3. The summed E-state index contributed by atoms with van der Waals surface area (Å²) in [6.07, 6.45) is 1.10. The molecule has 1 aliphatic carbocycles. The highest BCUT2D eigenvalue weighted by molar-refractivity contribution is 6.15. The van der Waals surface area contributed by atoms with Gasteiger partial charge in [-0.1, -0.05) is 42.6 Å². The number of benzene rings is 1. The fraction of sp³-hybridized carbons (Fsp3) is 0.500. The maximum Gasteiger partial charge on any atom is 0.416 e. The van der Waals surface area contributed by atoms with Crippen LogP contribution in [0, 0.1) is 0 Å². The van der Waals surface area contributed by atoms with E-state index in [0.717, 1.165) is 18.4 Å². The molecule has 3 atom stereocenters. The average molecular weight is 325 g/mol. The number of azide groups is 1. The Bertz CT molecular complexity index is 729. The predicted octanol–water partition coefficient (Wildman–Crippen LogP) is 3.04. The van der Waals surface area contributed by atoms with Crippen molar-refractivity contribution in [2.45, 2.75) is 50.2 Å². The number of fused-ring (bicyclic) bond motifs is 1. The number of aliphatic imine (C=N–C) groups is 1. The summed E-state index contributed by atoms with van der Waals surface area (Å²) >= 11 is 0. The van der Waals surface area contributed by atoms with Gasteiger partial charge in [0.05, 0.1) is 11.6 Å². The van der Waals surface area contributed by atoms with Crippen LogP contribution in [0.15, 0.2) is 40.4 Å². The first-order valence-electron chi connectivity index (χ1n) is 7.99. The number of nitrogens with zero attached hydrogens (tertiary/aromatic N) is 5. The molecule has 0 N–H and O–H groups in total. The van der Waals surface area contributed by atoms with E-state index in [9.17, 15) is 4.79 Å². The molecule has 3 unspecified atom stereocenters. The van der Waals surface area contributed by atoms with E-state index in [1.54, 1.807) is 0 Å². The van der Waals surface area contributed by atoms with E-state index >= 15 is 0 Å². The number of carbonyl (C=O) groups excluding carboxylic acids is 1.